The van der Waals surface area contributed by atoms with Crippen molar-refractivity contribution in [1.82, 2.24) is 0 Å². The van der Waals surface area contributed by atoms with Gasteiger partial charge in [0.2, 0.25) is 0 Å². The summed E-state index contributed by atoms with van der Waals surface area (Å²) < 4.78 is 6.67. The number of para-hydroxylation sites is 1. The van der Waals surface area contributed by atoms with Gasteiger partial charge in [0, 0.05) is 22.0 Å². The predicted molar refractivity (Wildman–Crippen MR) is 144 cm³/mol. The van der Waals surface area contributed by atoms with Gasteiger partial charge in [-0.15, -0.1) is 0 Å². The molecule has 2 heteroatoms. The van der Waals surface area contributed by atoms with Gasteiger partial charge >= 0.3 is 0 Å². The van der Waals surface area contributed by atoms with E-state index in [1.807, 2.05) is 6.07 Å². The van der Waals surface area contributed by atoms with Crippen molar-refractivity contribution in [3.05, 3.63) is 121 Å². The molecule has 0 amide bonds. The zero-order chi connectivity index (χ0) is 22.5. The second-order valence-electron chi connectivity index (χ2n) is 8.69. The van der Waals surface area contributed by atoms with Crippen molar-refractivity contribution in [2.24, 2.45) is 0 Å². The van der Waals surface area contributed by atoms with Crippen molar-refractivity contribution in [2.45, 2.75) is 0 Å². The minimum Gasteiger partial charge on any atom is -0.453 e. The lowest BCUT2D eigenvalue weighted by Gasteiger charge is -2.08. The Morgan fingerprint density at radius 3 is 2.12 bits per heavy atom. The summed E-state index contributed by atoms with van der Waals surface area (Å²) in [4.78, 5) is 0. The Bertz CT molecular complexity index is 1830. The fourth-order valence-electron chi connectivity index (χ4n) is 5.00. The summed E-state index contributed by atoms with van der Waals surface area (Å²) in [5.41, 5.74) is 6.07. The average molecular weight is 436 g/mol. The monoisotopic (exact) mass is 435 g/mol. The second-order valence-corrected chi connectivity index (χ2v) is 8.69. The van der Waals surface area contributed by atoms with E-state index in [2.05, 4.69) is 121 Å². The van der Waals surface area contributed by atoms with Crippen molar-refractivity contribution in [2.75, 3.05) is 5.32 Å². The molecule has 1 heterocycles. The number of nitrogens with one attached hydrogen (secondary N) is 1. The summed E-state index contributed by atoms with van der Waals surface area (Å²) >= 11 is 0. The highest BCUT2D eigenvalue weighted by atomic mass is 16.3. The first kappa shape index (κ1) is 19.0. The molecule has 160 valence electrons. The van der Waals surface area contributed by atoms with Crippen LogP contribution < -0.4 is 5.32 Å². The zero-order valence-corrected chi connectivity index (χ0v) is 18.5. The summed E-state index contributed by atoms with van der Waals surface area (Å²) in [6.07, 6.45) is 0. The number of anilines is 2. The molecule has 0 aliphatic heterocycles. The van der Waals surface area contributed by atoms with Crippen molar-refractivity contribution < 1.29 is 4.42 Å². The molecule has 0 fully saturated rings. The topological polar surface area (TPSA) is 25.2 Å². The van der Waals surface area contributed by atoms with Gasteiger partial charge in [0.25, 0.3) is 0 Å². The lowest BCUT2D eigenvalue weighted by molar-refractivity contribution is 0.671. The van der Waals surface area contributed by atoms with Crippen LogP contribution in [0.15, 0.2) is 126 Å². The van der Waals surface area contributed by atoms with Gasteiger partial charge in [0.1, 0.15) is 5.58 Å². The number of rotatable bonds is 3. The van der Waals surface area contributed by atoms with E-state index in [1.54, 1.807) is 0 Å². The van der Waals surface area contributed by atoms with Gasteiger partial charge in [-0.3, -0.25) is 0 Å². The molecule has 2 nitrogen and oxygen atoms in total. The molecule has 0 aliphatic rings. The van der Waals surface area contributed by atoms with Crippen molar-refractivity contribution in [3.8, 4) is 11.1 Å². The molecule has 0 aliphatic carbocycles. The van der Waals surface area contributed by atoms with E-state index in [4.69, 9.17) is 4.42 Å². The number of benzene rings is 6. The predicted octanol–water partition coefficient (Wildman–Crippen LogP) is 9.30. The minimum atomic E-state index is 0.874. The molecule has 7 rings (SSSR count). The smallest absolute Gasteiger partial charge is 0.158 e. The number of hydrogen-bond acceptors (Lipinski definition) is 2. The molecule has 6 aromatic carbocycles. The van der Waals surface area contributed by atoms with Gasteiger partial charge in [0.15, 0.2) is 5.58 Å². The number of fused-ring (bicyclic) bond motifs is 6. The van der Waals surface area contributed by atoms with Gasteiger partial charge < -0.3 is 9.73 Å². The fraction of sp³-hybridized carbons (Fsp3) is 0. The van der Waals surface area contributed by atoms with Crippen LogP contribution in [0.4, 0.5) is 11.4 Å². The van der Waals surface area contributed by atoms with Gasteiger partial charge in [-0.1, -0.05) is 97.1 Å². The first-order valence-corrected chi connectivity index (χ1v) is 11.5. The van der Waals surface area contributed by atoms with Crippen molar-refractivity contribution in [3.63, 3.8) is 0 Å². The van der Waals surface area contributed by atoms with Gasteiger partial charge in [-0.05, 0) is 51.4 Å². The molecule has 0 bridgehead atoms. The number of furan rings is 1. The molecule has 0 unspecified atom stereocenters. The highest BCUT2D eigenvalue weighted by Crippen LogP contribution is 2.43. The van der Waals surface area contributed by atoms with Crippen molar-refractivity contribution >= 4 is 54.9 Å². The molecule has 34 heavy (non-hydrogen) atoms. The number of hydrogen-bond donors (Lipinski definition) is 1. The third-order valence-corrected chi connectivity index (χ3v) is 6.60. The Morgan fingerprint density at radius 2 is 1.24 bits per heavy atom. The summed E-state index contributed by atoms with van der Waals surface area (Å²) in [5, 5.41) is 10.8. The van der Waals surface area contributed by atoms with E-state index in [0.29, 0.717) is 0 Å². The lowest BCUT2D eigenvalue weighted by atomic mass is 9.96. The Labute approximate surface area is 197 Å². The van der Waals surface area contributed by atoms with Gasteiger partial charge in [0.05, 0.1) is 5.69 Å². The Hall–Kier alpha value is -4.56. The van der Waals surface area contributed by atoms with Crippen molar-refractivity contribution in [1.29, 1.82) is 0 Å². The third kappa shape index (κ3) is 2.96. The normalized spacial score (nSPS) is 11.5. The fourth-order valence-corrected chi connectivity index (χ4v) is 5.00. The van der Waals surface area contributed by atoms with Gasteiger partial charge in [-0.25, -0.2) is 0 Å². The maximum Gasteiger partial charge on any atom is 0.158 e. The van der Waals surface area contributed by atoms with Gasteiger partial charge in [-0.2, -0.15) is 0 Å². The Kier molecular flexibility index (Phi) is 4.18. The van der Waals surface area contributed by atoms with Crippen LogP contribution in [0.3, 0.4) is 0 Å². The highest BCUT2D eigenvalue weighted by molar-refractivity contribution is 6.24. The van der Waals surface area contributed by atoms with Crippen LogP contribution >= 0.6 is 0 Å². The van der Waals surface area contributed by atoms with E-state index in [0.717, 1.165) is 44.4 Å². The largest absolute Gasteiger partial charge is 0.453 e. The minimum absolute atomic E-state index is 0.874. The summed E-state index contributed by atoms with van der Waals surface area (Å²) in [6, 6.07) is 42.5. The van der Waals surface area contributed by atoms with Crippen LogP contribution in [0.1, 0.15) is 0 Å². The molecule has 0 atom stereocenters. The molecule has 0 radical (unpaired) electrons. The first-order valence-electron chi connectivity index (χ1n) is 11.5. The molecule has 1 N–H and O–H groups in total. The third-order valence-electron chi connectivity index (χ3n) is 6.60. The van der Waals surface area contributed by atoms with Crippen LogP contribution in [-0.2, 0) is 0 Å². The lowest BCUT2D eigenvalue weighted by Crippen LogP contribution is -1.90. The molecular formula is C32H21NO. The molecular weight excluding hydrogens is 414 g/mol. The van der Waals surface area contributed by atoms with Crippen LogP contribution in [0.2, 0.25) is 0 Å². The summed E-state index contributed by atoms with van der Waals surface area (Å²) in [5.74, 6) is 0. The second kappa shape index (κ2) is 7.50. The maximum absolute atomic E-state index is 6.67. The summed E-state index contributed by atoms with van der Waals surface area (Å²) in [7, 11) is 0. The zero-order valence-electron chi connectivity index (χ0n) is 18.5. The molecule has 7 aromatic rings. The van der Waals surface area contributed by atoms with E-state index < -0.39 is 0 Å². The first-order chi connectivity index (χ1) is 16.8. The quantitative estimate of drug-likeness (QED) is 0.299. The van der Waals surface area contributed by atoms with Crippen LogP contribution in [0.5, 0.6) is 0 Å². The molecule has 1 aromatic heterocycles. The SMILES string of the molecule is c1ccc(-c2cc3ccccc3c3c2oc2c(Nc4ccc5ccccc5c4)cccc23)cc1. The summed E-state index contributed by atoms with van der Waals surface area (Å²) in [6.45, 7) is 0. The molecule has 0 saturated carbocycles. The molecule has 0 spiro atoms. The maximum atomic E-state index is 6.67. The van der Waals surface area contributed by atoms with E-state index in [1.165, 1.54) is 21.5 Å². The van der Waals surface area contributed by atoms with E-state index >= 15 is 0 Å². The highest BCUT2D eigenvalue weighted by Gasteiger charge is 2.18. The van der Waals surface area contributed by atoms with E-state index in [-0.39, 0.29) is 0 Å². The van der Waals surface area contributed by atoms with E-state index in [9.17, 15) is 0 Å². The van der Waals surface area contributed by atoms with Crippen LogP contribution in [-0.4, -0.2) is 0 Å². The van der Waals surface area contributed by atoms with Crippen LogP contribution in [0, 0.1) is 0 Å². The average Bonchev–Trinajstić information content (AvgIpc) is 3.30. The van der Waals surface area contributed by atoms with Crippen LogP contribution in [0.25, 0.3) is 54.6 Å². The standard InChI is InChI=1S/C32H21NO/c1-2-10-22(11-3-1)28-20-24-13-6-7-14-26(24)30-27-15-8-16-29(31(27)34-32(28)30)33-25-18-17-21-9-4-5-12-23(21)19-25/h1-20,33H. The Balaban J connectivity index is 1.49. The molecule has 0 saturated heterocycles. The Morgan fingerprint density at radius 1 is 0.500 bits per heavy atom.